The lowest BCUT2D eigenvalue weighted by molar-refractivity contribution is 0.239. The molecule has 1 atom stereocenters. The molecule has 1 aliphatic heterocycles. The lowest BCUT2D eigenvalue weighted by Crippen LogP contribution is -2.45. The van der Waals surface area contributed by atoms with Crippen LogP contribution in [0.4, 0.5) is 5.69 Å². The molecule has 0 bridgehead atoms. The van der Waals surface area contributed by atoms with Gasteiger partial charge in [0.1, 0.15) is 0 Å². The number of hydrogen-bond donors (Lipinski definition) is 1. The molecule has 0 saturated carbocycles. The van der Waals surface area contributed by atoms with E-state index >= 15 is 0 Å². The summed E-state index contributed by atoms with van der Waals surface area (Å²) in [5, 5.41) is 4.21. The van der Waals surface area contributed by atoms with E-state index in [4.69, 9.17) is 12.2 Å². The summed E-state index contributed by atoms with van der Waals surface area (Å²) >= 11 is 5.51. The molecule has 1 heterocycles. The monoisotopic (exact) mass is 248 g/mol. The molecule has 2 nitrogen and oxygen atoms in total. The Bertz CT molecular complexity index is 364. The van der Waals surface area contributed by atoms with Gasteiger partial charge in [-0.2, -0.15) is 0 Å². The van der Waals surface area contributed by atoms with Crippen LogP contribution in [0.2, 0.25) is 0 Å². The Kier molecular flexibility index (Phi) is 4.37. The van der Waals surface area contributed by atoms with Crippen LogP contribution in [0.1, 0.15) is 32.6 Å². The molecule has 2 rings (SSSR count). The van der Waals surface area contributed by atoms with Crippen molar-refractivity contribution in [2.75, 3.05) is 11.9 Å². The largest absolute Gasteiger partial charge is 0.346 e. The Balaban J connectivity index is 1.99. The van der Waals surface area contributed by atoms with Gasteiger partial charge in [-0.25, -0.2) is 0 Å². The van der Waals surface area contributed by atoms with E-state index in [0.29, 0.717) is 6.04 Å². The summed E-state index contributed by atoms with van der Waals surface area (Å²) in [5.41, 5.74) is 1.08. The highest BCUT2D eigenvalue weighted by Gasteiger charge is 2.22. The van der Waals surface area contributed by atoms with Crippen LogP contribution >= 0.6 is 12.2 Å². The molecule has 0 aromatic heterocycles. The van der Waals surface area contributed by atoms with Crippen molar-refractivity contribution in [3.05, 3.63) is 30.3 Å². The zero-order chi connectivity index (χ0) is 12.1. The van der Waals surface area contributed by atoms with E-state index in [-0.39, 0.29) is 0 Å². The first-order valence-electron chi connectivity index (χ1n) is 6.44. The predicted octanol–water partition coefficient (Wildman–Crippen LogP) is 3.65. The van der Waals surface area contributed by atoms with E-state index in [9.17, 15) is 0 Å². The molecule has 1 aromatic carbocycles. The standard InChI is InChI=1S/C14H20N2S/c1-2-13-10-6-7-11-16(13)14(17)15-12-8-4-3-5-9-12/h3-5,8-9,13H,2,6-7,10-11H2,1H3,(H,15,17)/t13-/m0/s1. The van der Waals surface area contributed by atoms with Crippen molar-refractivity contribution < 1.29 is 0 Å². The third-order valence-corrected chi connectivity index (χ3v) is 3.72. The normalized spacial score (nSPS) is 20.1. The van der Waals surface area contributed by atoms with Crippen molar-refractivity contribution in [2.24, 2.45) is 0 Å². The molecule has 1 saturated heterocycles. The predicted molar refractivity (Wildman–Crippen MR) is 77.3 cm³/mol. The molecule has 0 aliphatic carbocycles. The first-order chi connectivity index (χ1) is 8.31. The van der Waals surface area contributed by atoms with E-state index < -0.39 is 0 Å². The molecular formula is C14H20N2S. The molecular weight excluding hydrogens is 228 g/mol. The van der Waals surface area contributed by atoms with Gasteiger partial charge in [0.25, 0.3) is 0 Å². The number of piperidine rings is 1. The molecule has 1 fully saturated rings. The van der Waals surface area contributed by atoms with Gasteiger partial charge in [-0.15, -0.1) is 0 Å². The Hall–Kier alpha value is -1.09. The second kappa shape index (κ2) is 6.01. The Morgan fingerprint density at radius 3 is 2.82 bits per heavy atom. The van der Waals surface area contributed by atoms with Crippen molar-refractivity contribution in [2.45, 2.75) is 38.6 Å². The number of nitrogens with one attached hydrogen (secondary N) is 1. The second-order valence-corrected chi connectivity index (χ2v) is 4.93. The summed E-state index contributed by atoms with van der Waals surface area (Å²) in [6.07, 6.45) is 5.04. The highest BCUT2D eigenvalue weighted by Crippen LogP contribution is 2.20. The maximum atomic E-state index is 5.51. The molecule has 1 N–H and O–H groups in total. The van der Waals surface area contributed by atoms with Gasteiger partial charge in [0.15, 0.2) is 5.11 Å². The van der Waals surface area contributed by atoms with Gasteiger partial charge in [0.2, 0.25) is 0 Å². The molecule has 0 radical (unpaired) electrons. The number of thiocarbonyl (C=S) groups is 1. The van der Waals surface area contributed by atoms with Crippen LogP contribution in [0.3, 0.4) is 0 Å². The van der Waals surface area contributed by atoms with Gasteiger partial charge in [0, 0.05) is 18.3 Å². The topological polar surface area (TPSA) is 15.3 Å². The summed E-state index contributed by atoms with van der Waals surface area (Å²) in [5.74, 6) is 0. The van der Waals surface area contributed by atoms with Crippen LogP contribution in [0.15, 0.2) is 30.3 Å². The molecule has 92 valence electrons. The number of likely N-dealkylation sites (tertiary alicyclic amines) is 1. The van der Waals surface area contributed by atoms with Crippen molar-refractivity contribution in [3.63, 3.8) is 0 Å². The molecule has 1 aliphatic rings. The number of nitrogens with zero attached hydrogens (tertiary/aromatic N) is 1. The smallest absolute Gasteiger partial charge is 0.173 e. The van der Waals surface area contributed by atoms with Gasteiger partial charge >= 0.3 is 0 Å². The zero-order valence-electron chi connectivity index (χ0n) is 10.4. The van der Waals surface area contributed by atoms with Crippen LogP contribution in [-0.2, 0) is 0 Å². The molecule has 17 heavy (non-hydrogen) atoms. The second-order valence-electron chi connectivity index (χ2n) is 4.55. The van der Waals surface area contributed by atoms with Crippen LogP contribution in [-0.4, -0.2) is 22.6 Å². The van der Waals surface area contributed by atoms with Crippen molar-refractivity contribution >= 4 is 23.0 Å². The van der Waals surface area contributed by atoms with Gasteiger partial charge < -0.3 is 10.2 Å². The summed E-state index contributed by atoms with van der Waals surface area (Å²) in [7, 11) is 0. The third kappa shape index (κ3) is 3.19. The number of benzene rings is 1. The van der Waals surface area contributed by atoms with E-state index in [1.807, 2.05) is 18.2 Å². The van der Waals surface area contributed by atoms with Gasteiger partial charge in [-0.3, -0.25) is 0 Å². The average molecular weight is 248 g/mol. The van der Waals surface area contributed by atoms with Crippen LogP contribution in [0.5, 0.6) is 0 Å². The number of para-hydroxylation sites is 1. The molecule has 3 heteroatoms. The number of hydrogen-bond acceptors (Lipinski definition) is 1. The third-order valence-electron chi connectivity index (χ3n) is 3.38. The summed E-state index contributed by atoms with van der Waals surface area (Å²) in [6.45, 7) is 3.34. The maximum absolute atomic E-state index is 5.51. The Morgan fingerprint density at radius 1 is 1.35 bits per heavy atom. The molecule has 1 aromatic rings. The highest BCUT2D eigenvalue weighted by atomic mass is 32.1. The van der Waals surface area contributed by atoms with E-state index in [0.717, 1.165) is 17.3 Å². The number of rotatable bonds is 2. The molecule has 0 spiro atoms. The fraction of sp³-hybridized carbons (Fsp3) is 0.500. The van der Waals surface area contributed by atoms with Crippen LogP contribution in [0.25, 0.3) is 0 Å². The van der Waals surface area contributed by atoms with Crippen LogP contribution in [0, 0.1) is 0 Å². The van der Waals surface area contributed by atoms with Gasteiger partial charge in [-0.05, 0) is 50.0 Å². The average Bonchev–Trinajstić information content (AvgIpc) is 2.40. The molecule has 0 amide bonds. The quantitative estimate of drug-likeness (QED) is 0.804. The van der Waals surface area contributed by atoms with Crippen molar-refractivity contribution in [1.29, 1.82) is 0 Å². The van der Waals surface area contributed by atoms with E-state index in [1.54, 1.807) is 0 Å². The first kappa shape index (κ1) is 12.4. The minimum absolute atomic E-state index is 0.618. The first-order valence-corrected chi connectivity index (χ1v) is 6.84. The van der Waals surface area contributed by atoms with E-state index in [2.05, 4.69) is 29.3 Å². The summed E-state index contributed by atoms with van der Waals surface area (Å²) in [4.78, 5) is 2.35. The van der Waals surface area contributed by atoms with E-state index in [1.165, 1.54) is 25.7 Å². The fourth-order valence-electron chi connectivity index (χ4n) is 2.41. The fourth-order valence-corrected chi connectivity index (χ4v) is 2.77. The summed E-state index contributed by atoms with van der Waals surface area (Å²) < 4.78 is 0. The Morgan fingerprint density at radius 2 is 2.12 bits per heavy atom. The molecule has 0 unspecified atom stereocenters. The van der Waals surface area contributed by atoms with Gasteiger partial charge in [0.05, 0.1) is 0 Å². The highest BCUT2D eigenvalue weighted by molar-refractivity contribution is 7.80. The lowest BCUT2D eigenvalue weighted by Gasteiger charge is -2.37. The zero-order valence-corrected chi connectivity index (χ0v) is 11.2. The minimum atomic E-state index is 0.618. The summed E-state index contributed by atoms with van der Waals surface area (Å²) in [6, 6.07) is 10.8. The maximum Gasteiger partial charge on any atom is 0.173 e. The van der Waals surface area contributed by atoms with Crippen molar-refractivity contribution in [3.8, 4) is 0 Å². The lowest BCUT2D eigenvalue weighted by atomic mass is 10.0. The minimum Gasteiger partial charge on any atom is -0.346 e. The van der Waals surface area contributed by atoms with Crippen molar-refractivity contribution in [1.82, 2.24) is 4.90 Å². The van der Waals surface area contributed by atoms with Gasteiger partial charge in [-0.1, -0.05) is 25.1 Å². The van der Waals surface area contributed by atoms with Crippen LogP contribution < -0.4 is 5.32 Å². The SMILES string of the molecule is CC[C@H]1CCCCN1C(=S)Nc1ccccc1. The Labute approximate surface area is 109 Å². The number of anilines is 1.